The number of hydrogen-bond acceptors (Lipinski definition) is 2. The van der Waals surface area contributed by atoms with E-state index < -0.39 is 0 Å². The Kier molecular flexibility index (Phi) is 6.99. The zero-order valence-corrected chi connectivity index (χ0v) is 12.3. The predicted molar refractivity (Wildman–Crippen MR) is 78.1 cm³/mol. The smallest absolute Gasteiger partial charge is 0.0591 e. The van der Waals surface area contributed by atoms with E-state index in [0.717, 1.165) is 26.2 Å². The molecule has 18 heavy (non-hydrogen) atoms. The van der Waals surface area contributed by atoms with Crippen molar-refractivity contribution in [1.82, 2.24) is 5.32 Å². The third kappa shape index (κ3) is 5.65. The number of hydrogen-bond donors (Lipinski definition) is 1. The molecule has 1 N–H and O–H groups in total. The van der Waals surface area contributed by atoms with Crippen LogP contribution in [-0.2, 0) is 4.74 Å². The van der Waals surface area contributed by atoms with Crippen molar-refractivity contribution in [1.29, 1.82) is 0 Å². The Morgan fingerprint density at radius 2 is 1.78 bits per heavy atom. The normalized spacial score (nSPS) is 12.7. The second kappa shape index (κ2) is 8.28. The fourth-order valence-corrected chi connectivity index (χ4v) is 2.07. The summed E-state index contributed by atoms with van der Waals surface area (Å²) in [6.07, 6.45) is 2.36. The second-order valence-electron chi connectivity index (χ2n) is 5.06. The highest BCUT2D eigenvalue weighted by atomic mass is 16.5. The molecule has 0 radical (unpaired) electrons. The van der Waals surface area contributed by atoms with Gasteiger partial charge in [-0.2, -0.15) is 0 Å². The highest BCUT2D eigenvalue weighted by Crippen LogP contribution is 2.16. The molecule has 0 aromatic heterocycles. The maximum atomic E-state index is 5.55. The first-order chi connectivity index (χ1) is 8.63. The SMILES string of the molecule is CCCCOCCNC(C)c1cc(C)cc(C)c1. The molecule has 2 heteroatoms. The maximum absolute atomic E-state index is 5.55. The molecule has 0 spiro atoms. The van der Waals surface area contributed by atoms with Gasteiger partial charge in [0.05, 0.1) is 6.61 Å². The molecule has 102 valence electrons. The van der Waals surface area contributed by atoms with E-state index in [1.165, 1.54) is 23.1 Å². The lowest BCUT2D eigenvalue weighted by Gasteiger charge is -2.15. The molecule has 0 aliphatic carbocycles. The van der Waals surface area contributed by atoms with Gasteiger partial charge >= 0.3 is 0 Å². The van der Waals surface area contributed by atoms with Crippen LogP contribution in [0.4, 0.5) is 0 Å². The van der Waals surface area contributed by atoms with Crippen LogP contribution >= 0.6 is 0 Å². The van der Waals surface area contributed by atoms with Crippen molar-refractivity contribution in [2.24, 2.45) is 0 Å². The zero-order valence-electron chi connectivity index (χ0n) is 12.3. The van der Waals surface area contributed by atoms with Gasteiger partial charge in [0.1, 0.15) is 0 Å². The topological polar surface area (TPSA) is 21.3 Å². The Morgan fingerprint density at radius 3 is 2.39 bits per heavy atom. The Labute approximate surface area is 112 Å². The van der Waals surface area contributed by atoms with Gasteiger partial charge in [-0.1, -0.05) is 42.7 Å². The van der Waals surface area contributed by atoms with E-state index in [-0.39, 0.29) is 0 Å². The molecule has 1 unspecified atom stereocenters. The van der Waals surface area contributed by atoms with Gasteiger partial charge in [-0.25, -0.2) is 0 Å². The van der Waals surface area contributed by atoms with Crippen LogP contribution in [-0.4, -0.2) is 19.8 Å². The molecule has 0 bridgehead atoms. The summed E-state index contributed by atoms with van der Waals surface area (Å²) in [5, 5.41) is 3.51. The van der Waals surface area contributed by atoms with Crippen LogP contribution < -0.4 is 5.32 Å². The van der Waals surface area contributed by atoms with Crippen LogP contribution in [0.1, 0.15) is 49.4 Å². The fourth-order valence-electron chi connectivity index (χ4n) is 2.07. The summed E-state index contributed by atoms with van der Waals surface area (Å²) in [5.74, 6) is 0. The minimum Gasteiger partial charge on any atom is -0.380 e. The standard InChI is InChI=1S/C16H27NO/c1-5-6-8-18-9-7-17-15(4)16-11-13(2)10-14(3)12-16/h10-12,15,17H,5-9H2,1-4H3. The molecule has 1 aromatic carbocycles. The lowest BCUT2D eigenvalue weighted by Crippen LogP contribution is -2.23. The van der Waals surface area contributed by atoms with Gasteiger partial charge in [-0.15, -0.1) is 0 Å². The van der Waals surface area contributed by atoms with Gasteiger partial charge in [0, 0.05) is 19.2 Å². The monoisotopic (exact) mass is 249 g/mol. The van der Waals surface area contributed by atoms with Gasteiger partial charge in [-0.3, -0.25) is 0 Å². The van der Waals surface area contributed by atoms with E-state index in [4.69, 9.17) is 4.74 Å². The molecule has 1 atom stereocenters. The first-order valence-corrected chi connectivity index (χ1v) is 7.02. The van der Waals surface area contributed by atoms with E-state index in [0.29, 0.717) is 6.04 Å². The molecule has 0 saturated carbocycles. The number of benzene rings is 1. The molecule has 0 fully saturated rings. The minimum atomic E-state index is 0.387. The van der Waals surface area contributed by atoms with Gasteiger partial charge in [-0.05, 0) is 32.8 Å². The summed E-state index contributed by atoms with van der Waals surface area (Å²) in [5.41, 5.74) is 4.02. The summed E-state index contributed by atoms with van der Waals surface area (Å²) in [7, 11) is 0. The second-order valence-corrected chi connectivity index (χ2v) is 5.06. The largest absolute Gasteiger partial charge is 0.380 e. The Balaban J connectivity index is 2.29. The lowest BCUT2D eigenvalue weighted by molar-refractivity contribution is 0.131. The summed E-state index contributed by atoms with van der Waals surface area (Å²) >= 11 is 0. The van der Waals surface area contributed by atoms with Gasteiger partial charge < -0.3 is 10.1 Å². The predicted octanol–water partition coefficient (Wildman–Crippen LogP) is 3.77. The molecule has 1 aromatic rings. The molecule has 0 aliphatic heterocycles. The number of nitrogens with one attached hydrogen (secondary N) is 1. The average molecular weight is 249 g/mol. The van der Waals surface area contributed by atoms with Crippen LogP contribution in [0.15, 0.2) is 18.2 Å². The number of rotatable bonds is 8. The first kappa shape index (κ1) is 15.2. The Hall–Kier alpha value is -0.860. The summed E-state index contributed by atoms with van der Waals surface area (Å²) < 4.78 is 5.55. The van der Waals surface area contributed by atoms with Gasteiger partial charge in [0.15, 0.2) is 0 Å². The van der Waals surface area contributed by atoms with Gasteiger partial charge in [0.25, 0.3) is 0 Å². The van der Waals surface area contributed by atoms with Crippen molar-refractivity contribution < 1.29 is 4.74 Å². The lowest BCUT2D eigenvalue weighted by atomic mass is 10.0. The van der Waals surface area contributed by atoms with E-state index in [9.17, 15) is 0 Å². The van der Waals surface area contributed by atoms with E-state index >= 15 is 0 Å². The average Bonchev–Trinajstić information content (AvgIpc) is 2.32. The van der Waals surface area contributed by atoms with Crippen LogP contribution in [0.25, 0.3) is 0 Å². The van der Waals surface area contributed by atoms with E-state index in [1.54, 1.807) is 0 Å². The molecule has 0 aliphatic rings. The van der Waals surface area contributed by atoms with Crippen LogP contribution in [0.5, 0.6) is 0 Å². The molecule has 1 rings (SSSR count). The van der Waals surface area contributed by atoms with Crippen molar-refractivity contribution in [2.75, 3.05) is 19.8 Å². The zero-order chi connectivity index (χ0) is 13.4. The Morgan fingerprint density at radius 1 is 1.11 bits per heavy atom. The van der Waals surface area contributed by atoms with Crippen LogP contribution in [0.2, 0.25) is 0 Å². The van der Waals surface area contributed by atoms with E-state index in [1.807, 2.05) is 0 Å². The molecule has 0 amide bonds. The molecular weight excluding hydrogens is 222 g/mol. The summed E-state index contributed by atoms with van der Waals surface area (Å²) in [6, 6.07) is 7.10. The van der Waals surface area contributed by atoms with Crippen LogP contribution in [0.3, 0.4) is 0 Å². The third-order valence-corrected chi connectivity index (χ3v) is 3.08. The Bertz CT molecular complexity index is 329. The highest BCUT2D eigenvalue weighted by molar-refractivity contribution is 5.30. The number of aryl methyl sites for hydroxylation is 2. The number of ether oxygens (including phenoxy) is 1. The van der Waals surface area contributed by atoms with Crippen molar-refractivity contribution in [3.05, 3.63) is 34.9 Å². The maximum Gasteiger partial charge on any atom is 0.0591 e. The summed E-state index contributed by atoms with van der Waals surface area (Å²) in [4.78, 5) is 0. The molecule has 2 nitrogen and oxygen atoms in total. The van der Waals surface area contributed by atoms with Crippen molar-refractivity contribution in [3.8, 4) is 0 Å². The van der Waals surface area contributed by atoms with Gasteiger partial charge in [0.2, 0.25) is 0 Å². The number of unbranched alkanes of at least 4 members (excludes halogenated alkanes) is 1. The summed E-state index contributed by atoms with van der Waals surface area (Å²) in [6.45, 7) is 11.3. The van der Waals surface area contributed by atoms with Crippen molar-refractivity contribution in [2.45, 2.75) is 46.6 Å². The van der Waals surface area contributed by atoms with Crippen LogP contribution in [0, 0.1) is 13.8 Å². The molecular formula is C16H27NO. The minimum absolute atomic E-state index is 0.387. The third-order valence-electron chi connectivity index (χ3n) is 3.08. The quantitative estimate of drug-likeness (QED) is 0.708. The molecule has 0 heterocycles. The van der Waals surface area contributed by atoms with Crippen molar-refractivity contribution >= 4 is 0 Å². The van der Waals surface area contributed by atoms with E-state index in [2.05, 4.69) is 51.2 Å². The highest BCUT2D eigenvalue weighted by Gasteiger charge is 2.05. The fraction of sp³-hybridized carbons (Fsp3) is 0.625. The molecule has 0 saturated heterocycles. The first-order valence-electron chi connectivity index (χ1n) is 7.02. The van der Waals surface area contributed by atoms with Crippen molar-refractivity contribution in [3.63, 3.8) is 0 Å².